The minimum atomic E-state index is -0.110. The summed E-state index contributed by atoms with van der Waals surface area (Å²) in [7, 11) is 0. The molecule has 0 aromatic heterocycles. The Bertz CT molecular complexity index is 313. The summed E-state index contributed by atoms with van der Waals surface area (Å²) < 4.78 is 0. The van der Waals surface area contributed by atoms with Crippen LogP contribution < -0.4 is 5.73 Å². The van der Waals surface area contributed by atoms with Crippen molar-refractivity contribution in [2.75, 3.05) is 0 Å². The van der Waals surface area contributed by atoms with Crippen molar-refractivity contribution in [1.29, 1.82) is 0 Å². The summed E-state index contributed by atoms with van der Waals surface area (Å²) >= 11 is 5.89. The Labute approximate surface area is 109 Å². The third-order valence-corrected chi connectivity index (χ3v) is 3.67. The van der Waals surface area contributed by atoms with Crippen LogP contribution in [0.15, 0.2) is 24.3 Å². The predicted octanol–water partition coefficient (Wildman–Crippen LogP) is 4.27. The van der Waals surface area contributed by atoms with Crippen LogP contribution in [0.4, 0.5) is 0 Å². The quantitative estimate of drug-likeness (QED) is 0.750. The SMILES string of the molecule is Cl.NC1(c2ccc(Cl)cc2)CCCCCC1. The molecule has 1 aromatic rings. The standard InChI is InChI=1S/C13H18ClN.ClH/c14-12-7-5-11(6-8-12)13(15)9-3-1-2-4-10-13;/h5-8H,1-4,9-10,15H2;1H. The zero-order valence-corrected chi connectivity index (χ0v) is 11.0. The first-order valence-electron chi connectivity index (χ1n) is 5.76. The summed E-state index contributed by atoms with van der Waals surface area (Å²) in [6, 6.07) is 8.04. The molecule has 16 heavy (non-hydrogen) atoms. The van der Waals surface area contributed by atoms with Gasteiger partial charge in [-0.2, -0.15) is 0 Å². The third kappa shape index (κ3) is 3.13. The van der Waals surface area contributed by atoms with Gasteiger partial charge in [0.1, 0.15) is 0 Å². The van der Waals surface area contributed by atoms with E-state index in [4.69, 9.17) is 17.3 Å². The van der Waals surface area contributed by atoms with E-state index in [1.807, 2.05) is 12.1 Å². The average Bonchev–Trinajstić information content (AvgIpc) is 2.45. The van der Waals surface area contributed by atoms with Crippen LogP contribution in [0, 0.1) is 0 Å². The molecule has 1 fully saturated rings. The van der Waals surface area contributed by atoms with Crippen LogP contribution in [0.2, 0.25) is 5.02 Å². The van der Waals surface area contributed by atoms with Gasteiger partial charge >= 0.3 is 0 Å². The van der Waals surface area contributed by atoms with Gasteiger partial charge in [-0.1, -0.05) is 49.4 Å². The van der Waals surface area contributed by atoms with Crippen molar-refractivity contribution >= 4 is 24.0 Å². The summed E-state index contributed by atoms with van der Waals surface area (Å²) in [6.07, 6.45) is 7.36. The van der Waals surface area contributed by atoms with Crippen molar-refractivity contribution in [3.63, 3.8) is 0 Å². The van der Waals surface area contributed by atoms with Crippen molar-refractivity contribution in [2.45, 2.75) is 44.1 Å². The maximum atomic E-state index is 6.49. The van der Waals surface area contributed by atoms with Gasteiger partial charge in [0.05, 0.1) is 0 Å². The highest BCUT2D eigenvalue weighted by atomic mass is 35.5. The Morgan fingerprint density at radius 3 is 1.94 bits per heavy atom. The fourth-order valence-electron chi connectivity index (χ4n) is 2.43. The smallest absolute Gasteiger partial charge is 0.0409 e. The van der Waals surface area contributed by atoms with E-state index in [0.29, 0.717) is 0 Å². The maximum Gasteiger partial charge on any atom is 0.0409 e. The van der Waals surface area contributed by atoms with Gasteiger partial charge in [0.25, 0.3) is 0 Å². The Kier molecular flexibility index (Phi) is 5.10. The predicted molar refractivity (Wildman–Crippen MR) is 72.3 cm³/mol. The van der Waals surface area contributed by atoms with Crippen molar-refractivity contribution in [3.8, 4) is 0 Å². The molecule has 0 radical (unpaired) electrons. The lowest BCUT2D eigenvalue weighted by molar-refractivity contribution is 0.385. The number of hydrogen-bond acceptors (Lipinski definition) is 1. The largest absolute Gasteiger partial charge is 0.321 e. The molecule has 3 heteroatoms. The van der Waals surface area contributed by atoms with Gasteiger partial charge in [0.2, 0.25) is 0 Å². The number of rotatable bonds is 1. The van der Waals surface area contributed by atoms with Gasteiger partial charge in [-0.05, 0) is 30.5 Å². The molecule has 0 heterocycles. The first-order valence-corrected chi connectivity index (χ1v) is 6.13. The van der Waals surface area contributed by atoms with Crippen molar-refractivity contribution in [3.05, 3.63) is 34.9 Å². The van der Waals surface area contributed by atoms with E-state index in [-0.39, 0.29) is 17.9 Å². The number of nitrogens with two attached hydrogens (primary N) is 1. The molecule has 0 aliphatic heterocycles. The van der Waals surface area contributed by atoms with Gasteiger partial charge < -0.3 is 5.73 Å². The van der Waals surface area contributed by atoms with Crippen LogP contribution in [0.3, 0.4) is 0 Å². The van der Waals surface area contributed by atoms with Gasteiger partial charge in [-0.25, -0.2) is 0 Å². The summed E-state index contributed by atoms with van der Waals surface area (Å²) in [5, 5.41) is 0.788. The van der Waals surface area contributed by atoms with E-state index in [1.165, 1.54) is 31.2 Å². The molecule has 0 saturated heterocycles. The van der Waals surface area contributed by atoms with Crippen LogP contribution >= 0.6 is 24.0 Å². The number of hydrogen-bond donors (Lipinski definition) is 1. The molecule has 2 N–H and O–H groups in total. The number of benzene rings is 1. The summed E-state index contributed by atoms with van der Waals surface area (Å²) in [6.45, 7) is 0. The molecule has 1 aliphatic carbocycles. The Morgan fingerprint density at radius 1 is 0.938 bits per heavy atom. The van der Waals surface area contributed by atoms with Crippen LogP contribution in [-0.2, 0) is 5.54 Å². The molecule has 1 nitrogen and oxygen atoms in total. The van der Waals surface area contributed by atoms with Gasteiger partial charge in [0.15, 0.2) is 0 Å². The number of halogens is 2. The van der Waals surface area contributed by atoms with Crippen LogP contribution in [-0.4, -0.2) is 0 Å². The first-order chi connectivity index (χ1) is 7.21. The van der Waals surface area contributed by atoms with E-state index >= 15 is 0 Å². The lowest BCUT2D eigenvalue weighted by atomic mass is 9.84. The molecule has 0 atom stereocenters. The highest BCUT2D eigenvalue weighted by molar-refractivity contribution is 6.30. The first kappa shape index (κ1) is 13.8. The van der Waals surface area contributed by atoms with E-state index < -0.39 is 0 Å². The summed E-state index contributed by atoms with van der Waals surface area (Å²) in [5.41, 5.74) is 7.62. The van der Waals surface area contributed by atoms with E-state index in [9.17, 15) is 0 Å². The molecule has 1 aliphatic rings. The van der Waals surface area contributed by atoms with Crippen molar-refractivity contribution < 1.29 is 0 Å². The molecule has 90 valence electrons. The molecule has 0 amide bonds. The van der Waals surface area contributed by atoms with Crippen molar-refractivity contribution in [2.24, 2.45) is 5.73 Å². The monoisotopic (exact) mass is 259 g/mol. The second-order valence-corrected chi connectivity index (χ2v) is 5.01. The Morgan fingerprint density at radius 2 is 1.44 bits per heavy atom. The fraction of sp³-hybridized carbons (Fsp3) is 0.538. The van der Waals surface area contributed by atoms with E-state index in [2.05, 4.69) is 12.1 Å². The Balaban J connectivity index is 0.00000128. The zero-order valence-electron chi connectivity index (χ0n) is 9.42. The highest BCUT2D eigenvalue weighted by Crippen LogP contribution is 2.33. The molecular weight excluding hydrogens is 241 g/mol. The third-order valence-electron chi connectivity index (χ3n) is 3.41. The molecule has 0 bridgehead atoms. The van der Waals surface area contributed by atoms with E-state index in [1.54, 1.807) is 0 Å². The minimum absolute atomic E-state index is 0. The zero-order chi connectivity index (χ0) is 10.7. The van der Waals surface area contributed by atoms with Crippen LogP contribution in [0.25, 0.3) is 0 Å². The molecule has 2 rings (SSSR count). The second kappa shape index (κ2) is 5.90. The molecular formula is C13H19Cl2N. The normalized spacial score (nSPS) is 19.6. The summed E-state index contributed by atoms with van der Waals surface area (Å²) in [4.78, 5) is 0. The lowest BCUT2D eigenvalue weighted by Gasteiger charge is -2.28. The maximum absolute atomic E-state index is 6.49. The van der Waals surface area contributed by atoms with Gasteiger partial charge in [0, 0.05) is 10.6 Å². The highest BCUT2D eigenvalue weighted by Gasteiger charge is 2.27. The Hall–Kier alpha value is -0.240. The molecule has 0 unspecified atom stereocenters. The van der Waals surface area contributed by atoms with Crippen LogP contribution in [0.1, 0.15) is 44.1 Å². The molecule has 1 aromatic carbocycles. The molecule has 0 spiro atoms. The molecule has 1 saturated carbocycles. The second-order valence-electron chi connectivity index (χ2n) is 4.58. The fourth-order valence-corrected chi connectivity index (χ4v) is 2.56. The lowest BCUT2D eigenvalue weighted by Crippen LogP contribution is -2.35. The van der Waals surface area contributed by atoms with E-state index in [0.717, 1.165) is 17.9 Å². The van der Waals surface area contributed by atoms with Gasteiger partial charge in [-0.15, -0.1) is 12.4 Å². The minimum Gasteiger partial charge on any atom is -0.321 e. The average molecular weight is 260 g/mol. The van der Waals surface area contributed by atoms with Gasteiger partial charge in [-0.3, -0.25) is 0 Å². The topological polar surface area (TPSA) is 26.0 Å². The van der Waals surface area contributed by atoms with Crippen LogP contribution in [0.5, 0.6) is 0 Å². The summed E-state index contributed by atoms with van der Waals surface area (Å²) in [5.74, 6) is 0. The van der Waals surface area contributed by atoms with Crippen molar-refractivity contribution in [1.82, 2.24) is 0 Å².